The molecule has 0 N–H and O–H groups in total. The Morgan fingerprint density at radius 1 is 1.33 bits per heavy atom. The van der Waals surface area contributed by atoms with Crippen LogP contribution in [0.5, 0.6) is 0 Å². The number of carbonyl (C=O) groups is 1. The number of esters is 1. The lowest BCUT2D eigenvalue weighted by Gasteiger charge is -2.00. The van der Waals surface area contributed by atoms with E-state index in [1.54, 1.807) is 17.0 Å². The highest BCUT2D eigenvalue weighted by Crippen LogP contribution is 2.23. The van der Waals surface area contributed by atoms with Gasteiger partial charge >= 0.3 is 5.97 Å². The molecule has 2 aromatic rings. The van der Waals surface area contributed by atoms with E-state index >= 15 is 0 Å². The Morgan fingerprint density at radius 3 is 2.67 bits per heavy atom. The SMILES string of the molecule is COC(=O)Cn1cc(C#N)c(-c2ccccc2)c1. The van der Waals surface area contributed by atoms with Gasteiger partial charge in [-0.3, -0.25) is 4.79 Å². The van der Waals surface area contributed by atoms with Crippen LogP contribution in [0.15, 0.2) is 42.7 Å². The molecule has 0 radical (unpaired) electrons. The van der Waals surface area contributed by atoms with Gasteiger partial charge < -0.3 is 9.30 Å². The second-order valence-electron chi connectivity index (χ2n) is 3.81. The summed E-state index contributed by atoms with van der Waals surface area (Å²) in [7, 11) is 1.34. The molecule has 0 spiro atoms. The van der Waals surface area contributed by atoms with Gasteiger partial charge in [0.25, 0.3) is 0 Å². The maximum Gasteiger partial charge on any atom is 0.325 e. The standard InChI is InChI=1S/C14H12N2O2/c1-18-14(17)10-16-8-12(7-15)13(9-16)11-5-3-2-4-6-11/h2-6,8-9H,10H2,1H3. The molecule has 90 valence electrons. The van der Waals surface area contributed by atoms with Crippen molar-refractivity contribution in [2.24, 2.45) is 0 Å². The number of ether oxygens (including phenoxy) is 1. The number of hydrogen-bond donors (Lipinski definition) is 0. The van der Waals surface area contributed by atoms with E-state index in [0.717, 1.165) is 11.1 Å². The Bertz CT molecular complexity index is 594. The summed E-state index contributed by atoms with van der Waals surface area (Å²) in [6, 6.07) is 11.7. The van der Waals surface area contributed by atoms with Crippen molar-refractivity contribution >= 4 is 5.97 Å². The minimum atomic E-state index is -0.339. The normalized spacial score (nSPS) is 9.78. The van der Waals surface area contributed by atoms with Gasteiger partial charge in [-0.1, -0.05) is 30.3 Å². The van der Waals surface area contributed by atoms with Crippen molar-refractivity contribution in [2.75, 3.05) is 7.11 Å². The summed E-state index contributed by atoms with van der Waals surface area (Å²) in [5.41, 5.74) is 2.32. The van der Waals surface area contributed by atoms with Gasteiger partial charge in [0.1, 0.15) is 12.6 Å². The van der Waals surface area contributed by atoms with E-state index in [9.17, 15) is 4.79 Å². The highest BCUT2D eigenvalue weighted by molar-refractivity contribution is 5.72. The Morgan fingerprint density at radius 2 is 2.06 bits per heavy atom. The van der Waals surface area contributed by atoms with Gasteiger partial charge in [-0.15, -0.1) is 0 Å². The lowest BCUT2D eigenvalue weighted by atomic mass is 10.1. The molecule has 0 bridgehead atoms. The van der Waals surface area contributed by atoms with Crippen molar-refractivity contribution in [1.82, 2.24) is 4.57 Å². The van der Waals surface area contributed by atoms with E-state index in [2.05, 4.69) is 10.8 Å². The van der Waals surface area contributed by atoms with Crippen molar-refractivity contribution < 1.29 is 9.53 Å². The van der Waals surface area contributed by atoms with Gasteiger partial charge in [0, 0.05) is 18.0 Å². The summed E-state index contributed by atoms with van der Waals surface area (Å²) in [4.78, 5) is 11.2. The Labute approximate surface area is 105 Å². The van der Waals surface area contributed by atoms with Crippen molar-refractivity contribution in [2.45, 2.75) is 6.54 Å². The number of methoxy groups -OCH3 is 1. The minimum absolute atomic E-state index is 0.109. The molecule has 0 fully saturated rings. The fourth-order valence-corrected chi connectivity index (χ4v) is 1.75. The first-order valence-electron chi connectivity index (χ1n) is 5.46. The number of benzene rings is 1. The molecule has 4 heteroatoms. The second kappa shape index (κ2) is 5.19. The zero-order valence-electron chi connectivity index (χ0n) is 9.96. The van der Waals surface area contributed by atoms with E-state index < -0.39 is 0 Å². The van der Waals surface area contributed by atoms with E-state index in [-0.39, 0.29) is 12.5 Å². The Hall–Kier alpha value is -2.54. The quantitative estimate of drug-likeness (QED) is 0.773. The monoisotopic (exact) mass is 240 g/mol. The van der Waals surface area contributed by atoms with Crippen LogP contribution in [0.4, 0.5) is 0 Å². The van der Waals surface area contributed by atoms with E-state index in [1.165, 1.54) is 7.11 Å². The van der Waals surface area contributed by atoms with Crippen LogP contribution in [-0.4, -0.2) is 17.6 Å². The van der Waals surface area contributed by atoms with Crippen LogP contribution in [0.3, 0.4) is 0 Å². The van der Waals surface area contributed by atoms with Gasteiger partial charge in [0.15, 0.2) is 0 Å². The second-order valence-corrected chi connectivity index (χ2v) is 3.81. The predicted octanol–water partition coefficient (Wildman–Crippen LogP) is 2.20. The third-order valence-electron chi connectivity index (χ3n) is 2.62. The fraction of sp³-hybridized carbons (Fsp3) is 0.143. The van der Waals surface area contributed by atoms with Crippen LogP contribution >= 0.6 is 0 Å². The highest BCUT2D eigenvalue weighted by atomic mass is 16.5. The summed E-state index contributed by atoms with van der Waals surface area (Å²) in [5.74, 6) is -0.339. The molecule has 1 heterocycles. The highest BCUT2D eigenvalue weighted by Gasteiger charge is 2.10. The third kappa shape index (κ3) is 2.41. The predicted molar refractivity (Wildman–Crippen MR) is 66.6 cm³/mol. The fourth-order valence-electron chi connectivity index (χ4n) is 1.75. The number of rotatable bonds is 3. The average molecular weight is 240 g/mol. The van der Waals surface area contributed by atoms with Crippen LogP contribution in [0.1, 0.15) is 5.56 Å². The van der Waals surface area contributed by atoms with E-state index in [4.69, 9.17) is 5.26 Å². The first-order chi connectivity index (χ1) is 8.74. The Balaban J connectivity index is 2.37. The molecule has 0 unspecified atom stereocenters. The maximum atomic E-state index is 11.2. The topological polar surface area (TPSA) is 55.0 Å². The molecule has 1 aromatic carbocycles. The molecule has 0 aliphatic rings. The van der Waals surface area contributed by atoms with Gasteiger partial charge in [-0.25, -0.2) is 0 Å². The zero-order valence-corrected chi connectivity index (χ0v) is 9.96. The molecule has 2 rings (SSSR count). The number of nitriles is 1. The molecule has 0 amide bonds. The van der Waals surface area contributed by atoms with E-state index in [1.807, 2.05) is 30.3 Å². The molecule has 1 aromatic heterocycles. The lowest BCUT2D eigenvalue weighted by molar-refractivity contribution is -0.141. The summed E-state index contributed by atoms with van der Waals surface area (Å²) in [5, 5.41) is 9.10. The first-order valence-corrected chi connectivity index (χ1v) is 5.46. The summed E-state index contributed by atoms with van der Waals surface area (Å²) < 4.78 is 6.26. The van der Waals surface area contributed by atoms with Crippen molar-refractivity contribution in [3.63, 3.8) is 0 Å². The number of carbonyl (C=O) groups excluding carboxylic acids is 1. The Kier molecular flexibility index (Phi) is 3.44. The summed E-state index contributed by atoms with van der Waals surface area (Å²) >= 11 is 0. The van der Waals surface area contributed by atoms with Crippen molar-refractivity contribution in [1.29, 1.82) is 5.26 Å². The van der Waals surface area contributed by atoms with Crippen LogP contribution in [0, 0.1) is 11.3 Å². The van der Waals surface area contributed by atoms with Gasteiger partial charge in [-0.05, 0) is 5.56 Å². The maximum absolute atomic E-state index is 11.2. The van der Waals surface area contributed by atoms with Gasteiger partial charge in [-0.2, -0.15) is 5.26 Å². The van der Waals surface area contributed by atoms with Crippen LogP contribution < -0.4 is 0 Å². The summed E-state index contributed by atoms with van der Waals surface area (Å²) in [6.07, 6.45) is 3.43. The number of nitrogens with zero attached hydrogens (tertiary/aromatic N) is 2. The molecule has 18 heavy (non-hydrogen) atoms. The molecule has 0 saturated carbocycles. The molecule has 0 saturated heterocycles. The lowest BCUT2D eigenvalue weighted by Crippen LogP contribution is -2.09. The smallest absolute Gasteiger partial charge is 0.325 e. The summed E-state index contributed by atoms with van der Waals surface area (Å²) in [6.45, 7) is 0.109. The van der Waals surface area contributed by atoms with Gasteiger partial charge in [0.2, 0.25) is 0 Å². The van der Waals surface area contributed by atoms with Crippen LogP contribution in [0.2, 0.25) is 0 Å². The largest absolute Gasteiger partial charge is 0.468 e. The van der Waals surface area contributed by atoms with Gasteiger partial charge in [0.05, 0.1) is 12.7 Å². The molecule has 4 nitrogen and oxygen atoms in total. The number of aromatic nitrogens is 1. The number of hydrogen-bond acceptors (Lipinski definition) is 3. The molecule has 0 aliphatic carbocycles. The molecule has 0 atom stereocenters. The zero-order chi connectivity index (χ0) is 13.0. The van der Waals surface area contributed by atoms with E-state index in [0.29, 0.717) is 5.56 Å². The molecular formula is C14H12N2O2. The van der Waals surface area contributed by atoms with Crippen LogP contribution in [-0.2, 0) is 16.1 Å². The van der Waals surface area contributed by atoms with Crippen molar-refractivity contribution in [3.05, 3.63) is 48.3 Å². The minimum Gasteiger partial charge on any atom is -0.468 e. The molecular weight excluding hydrogens is 228 g/mol. The third-order valence-corrected chi connectivity index (χ3v) is 2.62. The van der Waals surface area contributed by atoms with Crippen LogP contribution in [0.25, 0.3) is 11.1 Å². The van der Waals surface area contributed by atoms with Crippen molar-refractivity contribution in [3.8, 4) is 17.2 Å². The molecule has 0 aliphatic heterocycles. The average Bonchev–Trinajstić information content (AvgIpc) is 2.82. The first kappa shape index (κ1) is 11.9.